The van der Waals surface area contributed by atoms with Gasteiger partial charge < -0.3 is 20.4 Å². The van der Waals surface area contributed by atoms with E-state index in [1.165, 1.54) is 13.1 Å². The molecule has 130 valence electrons. The fourth-order valence-electron chi connectivity index (χ4n) is 2.32. The van der Waals surface area contributed by atoms with Gasteiger partial charge in [-0.15, -0.1) is 0 Å². The Morgan fingerprint density at radius 1 is 1.32 bits per heavy atom. The molecule has 25 heavy (non-hydrogen) atoms. The van der Waals surface area contributed by atoms with Crippen molar-refractivity contribution in [1.82, 2.24) is 15.6 Å². The molecular formula is C18H20N4O3. The van der Waals surface area contributed by atoms with E-state index in [-0.39, 0.29) is 29.0 Å². The van der Waals surface area contributed by atoms with Crippen LogP contribution in [0.5, 0.6) is 5.75 Å². The number of nitriles is 1. The van der Waals surface area contributed by atoms with Crippen LogP contribution in [0.15, 0.2) is 30.3 Å². The summed E-state index contributed by atoms with van der Waals surface area (Å²) in [6, 6.07) is 10.6. The minimum Gasteiger partial charge on any atom is -0.484 e. The molecule has 7 heteroatoms. The highest BCUT2D eigenvalue weighted by molar-refractivity contribution is 5.99. The van der Waals surface area contributed by atoms with E-state index in [0.717, 1.165) is 5.56 Å². The number of nitrogens with zero attached hydrogens (tertiary/aromatic N) is 1. The van der Waals surface area contributed by atoms with Crippen molar-refractivity contribution in [2.24, 2.45) is 0 Å². The molecule has 0 aliphatic carbocycles. The van der Waals surface area contributed by atoms with Crippen LogP contribution in [0.25, 0.3) is 0 Å². The first-order chi connectivity index (χ1) is 12.0. The molecule has 2 aromatic rings. The zero-order chi connectivity index (χ0) is 18.4. The highest BCUT2D eigenvalue weighted by Gasteiger charge is 2.21. The van der Waals surface area contributed by atoms with Crippen molar-refractivity contribution < 1.29 is 14.3 Å². The molecule has 1 atom stereocenters. The molecule has 0 spiro atoms. The third kappa shape index (κ3) is 4.18. The quantitative estimate of drug-likeness (QED) is 0.749. The third-order valence-electron chi connectivity index (χ3n) is 3.61. The normalized spacial score (nSPS) is 11.3. The van der Waals surface area contributed by atoms with Crippen LogP contribution in [0.3, 0.4) is 0 Å². The number of benzene rings is 1. The molecular weight excluding hydrogens is 320 g/mol. The lowest BCUT2D eigenvalue weighted by Crippen LogP contribution is -2.23. The summed E-state index contributed by atoms with van der Waals surface area (Å²) in [6.07, 6.45) is -0.408. The van der Waals surface area contributed by atoms with Crippen LogP contribution in [-0.4, -0.2) is 30.4 Å². The summed E-state index contributed by atoms with van der Waals surface area (Å²) in [6.45, 7) is 4.09. The van der Waals surface area contributed by atoms with Gasteiger partial charge in [0.15, 0.2) is 5.75 Å². The fourth-order valence-corrected chi connectivity index (χ4v) is 2.32. The molecule has 1 aromatic heterocycles. The Morgan fingerprint density at radius 2 is 2.08 bits per heavy atom. The van der Waals surface area contributed by atoms with Gasteiger partial charge in [0.1, 0.15) is 17.5 Å². The molecule has 0 bridgehead atoms. The zero-order valence-electron chi connectivity index (χ0n) is 14.3. The van der Waals surface area contributed by atoms with Crippen LogP contribution in [0.2, 0.25) is 0 Å². The topological polar surface area (TPSA) is 107 Å². The Bertz CT molecular complexity index is 820. The maximum absolute atomic E-state index is 12.0. The van der Waals surface area contributed by atoms with Crippen molar-refractivity contribution >= 4 is 11.8 Å². The molecule has 0 saturated heterocycles. The molecule has 0 saturated carbocycles. The van der Waals surface area contributed by atoms with E-state index in [0.29, 0.717) is 12.1 Å². The van der Waals surface area contributed by atoms with Crippen LogP contribution in [0, 0.1) is 11.3 Å². The van der Waals surface area contributed by atoms with Crippen molar-refractivity contribution in [1.29, 1.82) is 5.26 Å². The maximum atomic E-state index is 12.0. The van der Waals surface area contributed by atoms with E-state index in [9.17, 15) is 9.59 Å². The highest BCUT2D eigenvalue weighted by Crippen LogP contribution is 2.27. The Kier molecular flexibility index (Phi) is 5.79. The van der Waals surface area contributed by atoms with E-state index in [2.05, 4.69) is 21.7 Å². The number of hydrogen-bond donors (Lipinski definition) is 3. The van der Waals surface area contributed by atoms with Crippen molar-refractivity contribution in [3.05, 3.63) is 52.8 Å². The van der Waals surface area contributed by atoms with E-state index in [1.54, 1.807) is 18.2 Å². The SMILES string of the molecule is CCNC(=O)c1cc(OC(C)c2cccc(C#N)c2)c(C(=O)NC)[nH]1. The van der Waals surface area contributed by atoms with Gasteiger partial charge in [-0.1, -0.05) is 12.1 Å². The van der Waals surface area contributed by atoms with Gasteiger partial charge in [-0.05, 0) is 31.5 Å². The number of aromatic amines is 1. The van der Waals surface area contributed by atoms with Gasteiger partial charge >= 0.3 is 0 Å². The number of carbonyl (C=O) groups excluding carboxylic acids is 2. The van der Waals surface area contributed by atoms with Crippen molar-refractivity contribution in [3.63, 3.8) is 0 Å². The minimum absolute atomic E-state index is 0.173. The molecule has 0 aliphatic heterocycles. The smallest absolute Gasteiger partial charge is 0.271 e. The van der Waals surface area contributed by atoms with Gasteiger partial charge in [-0.3, -0.25) is 9.59 Å². The lowest BCUT2D eigenvalue weighted by molar-refractivity contribution is 0.0951. The zero-order valence-corrected chi connectivity index (χ0v) is 14.3. The second-order valence-electron chi connectivity index (χ2n) is 5.36. The number of hydrogen-bond acceptors (Lipinski definition) is 4. The van der Waals surface area contributed by atoms with Crippen LogP contribution in [0.4, 0.5) is 0 Å². The number of nitrogens with one attached hydrogen (secondary N) is 3. The first kappa shape index (κ1) is 18.1. The maximum Gasteiger partial charge on any atom is 0.271 e. The van der Waals surface area contributed by atoms with E-state index in [4.69, 9.17) is 10.00 Å². The first-order valence-electron chi connectivity index (χ1n) is 7.90. The predicted molar refractivity (Wildman–Crippen MR) is 92.4 cm³/mol. The average Bonchev–Trinajstić information content (AvgIpc) is 3.05. The summed E-state index contributed by atoms with van der Waals surface area (Å²) in [5.41, 5.74) is 1.74. The van der Waals surface area contributed by atoms with Gasteiger partial charge in [0.25, 0.3) is 11.8 Å². The Hall–Kier alpha value is -3.27. The van der Waals surface area contributed by atoms with Crippen LogP contribution >= 0.6 is 0 Å². The predicted octanol–water partition coefficient (Wildman–Crippen LogP) is 2.14. The first-order valence-corrected chi connectivity index (χ1v) is 7.90. The van der Waals surface area contributed by atoms with E-state index >= 15 is 0 Å². The van der Waals surface area contributed by atoms with Crippen LogP contribution in [-0.2, 0) is 0 Å². The van der Waals surface area contributed by atoms with Gasteiger partial charge in [-0.2, -0.15) is 5.26 Å². The summed E-state index contributed by atoms with van der Waals surface area (Å²) < 4.78 is 5.88. The molecule has 1 unspecified atom stereocenters. The lowest BCUT2D eigenvalue weighted by Gasteiger charge is -2.15. The van der Waals surface area contributed by atoms with Gasteiger partial charge in [0.05, 0.1) is 11.6 Å². The summed E-state index contributed by atoms with van der Waals surface area (Å²) in [5, 5.41) is 14.2. The highest BCUT2D eigenvalue weighted by atomic mass is 16.5. The molecule has 7 nitrogen and oxygen atoms in total. The van der Waals surface area contributed by atoms with E-state index < -0.39 is 6.10 Å². The van der Waals surface area contributed by atoms with Gasteiger partial charge in [0.2, 0.25) is 0 Å². The summed E-state index contributed by atoms with van der Waals surface area (Å²) in [5.74, 6) is -0.430. The fraction of sp³-hybridized carbons (Fsp3) is 0.278. The Labute approximate surface area is 146 Å². The van der Waals surface area contributed by atoms with Crippen LogP contribution < -0.4 is 15.4 Å². The molecule has 1 heterocycles. The molecule has 1 aromatic carbocycles. The number of carbonyl (C=O) groups is 2. The Morgan fingerprint density at radius 3 is 2.72 bits per heavy atom. The monoisotopic (exact) mass is 340 g/mol. The van der Waals surface area contributed by atoms with Gasteiger partial charge in [-0.25, -0.2) is 0 Å². The summed E-state index contributed by atoms with van der Waals surface area (Å²) in [4.78, 5) is 26.8. The molecule has 0 aliphatic rings. The number of rotatable bonds is 6. The number of H-pyrrole nitrogens is 1. The number of aromatic nitrogens is 1. The summed E-state index contributed by atoms with van der Waals surface area (Å²) in [7, 11) is 1.50. The van der Waals surface area contributed by atoms with Crippen molar-refractivity contribution in [3.8, 4) is 11.8 Å². The van der Waals surface area contributed by atoms with Crippen molar-refractivity contribution in [2.75, 3.05) is 13.6 Å². The second kappa shape index (κ2) is 8.02. The average molecular weight is 340 g/mol. The number of amides is 2. The minimum atomic E-state index is -0.408. The second-order valence-corrected chi connectivity index (χ2v) is 5.36. The molecule has 3 N–H and O–H groups in total. The Balaban J connectivity index is 2.31. The molecule has 2 rings (SSSR count). The lowest BCUT2D eigenvalue weighted by atomic mass is 10.1. The molecule has 0 fully saturated rings. The van der Waals surface area contributed by atoms with Crippen molar-refractivity contribution in [2.45, 2.75) is 20.0 Å². The molecule has 2 amide bonds. The largest absolute Gasteiger partial charge is 0.484 e. The number of ether oxygens (including phenoxy) is 1. The standard InChI is InChI=1S/C18H20N4O3/c1-4-21-17(23)14-9-15(16(22-14)18(24)20-3)25-11(2)13-7-5-6-12(8-13)10-19/h5-9,11,22H,4H2,1-3H3,(H,20,24)(H,21,23). The van der Waals surface area contributed by atoms with Crippen LogP contribution in [0.1, 0.15) is 52.1 Å². The third-order valence-corrected chi connectivity index (χ3v) is 3.61. The van der Waals surface area contributed by atoms with E-state index in [1.807, 2.05) is 19.9 Å². The van der Waals surface area contributed by atoms with Gasteiger partial charge in [0, 0.05) is 19.7 Å². The summed E-state index contributed by atoms with van der Waals surface area (Å²) >= 11 is 0. The molecule has 0 radical (unpaired) electrons.